The van der Waals surface area contributed by atoms with Gasteiger partial charge in [-0.2, -0.15) is 5.10 Å². The Labute approximate surface area is 173 Å². The zero-order valence-electron chi connectivity index (χ0n) is 16.5. The number of methoxy groups -OCH3 is 1. The molecule has 0 aliphatic carbocycles. The van der Waals surface area contributed by atoms with Crippen molar-refractivity contribution in [3.63, 3.8) is 0 Å². The van der Waals surface area contributed by atoms with E-state index in [1.165, 1.54) is 11.8 Å². The maximum absolute atomic E-state index is 12.2. The van der Waals surface area contributed by atoms with Gasteiger partial charge in [0.25, 0.3) is 5.91 Å². The number of nitrogens with one attached hydrogen (secondary N) is 1. The third-order valence-electron chi connectivity index (χ3n) is 4.14. The molecule has 1 aromatic carbocycles. The Morgan fingerprint density at radius 1 is 1.24 bits per heavy atom. The monoisotopic (exact) mass is 410 g/mol. The van der Waals surface area contributed by atoms with Crippen LogP contribution in [0.2, 0.25) is 0 Å². The largest absolute Gasteiger partial charge is 0.497 e. The lowest BCUT2D eigenvalue weighted by Gasteiger charge is -2.08. The van der Waals surface area contributed by atoms with Gasteiger partial charge < -0.3 is 9.30 Å². The molecular weight excluding hydrogens is 388 g/mol. The summed E-state index contributed by atoms with van der Waals surface area (Å²) in [4.78, 5) is 16.2. The number of nitrogens with zero attached hydrogens (tertiary/aromatic N) is 5. The van der Waals surface area contributed by atoms with E-state index in [1.54, 1.807) is 19.5 Å². The van der Waals surface area contributed by atoms with Gasteiger partial charge in [0, 0.05) is 30.1 Å². The zero-order valence-corrected chi connectivity index (χ0v) is 17.3. The van der Waals surface area contributed by atoms with Crippen molar-refractivity contribution in [1.29, 1.82) is 0 Å². The Bertz CT molecular complexity index is 986. The van der Waals surface area contributed by atoms with Crippen LogP contribution >= 0.6 is 11.8 Å². The molecule has 0 bridgehead atoms. The number of aromatic nitrogens is 4. The second-order valence-electron chi connectivity index (χ2n) is 6.04. The molecule has 2 aromatic heterocycles. The van der Waals surface area contributed by atoms with Crippen LogP contribution in [0, 0.1) is 0 Å². The lowest BCUT2D eigenvalue weighted by atomic mass is 10.2. The molecule has 1 amide bonds. The standard InChI is InChI=1S/C20H22N6O2S/c1-4-26-19(15-7-9-17(28-3)10-8-15)24-25-20(26)29-13-18(27)23-22-14(2)16-6-5-11-21-12-16/h5-12H,4,13H2,1-3H3,(H,23,27)/b22-14+. The minimum Gasteiger partial charge on any atom is -0.497 e. The molecule has 1 N–H and O–H groups in total. The first-order valence-corrected chi connectivity index (χ1v) is 10.0. The van der Waals surface area contributed by atoms with E-state index in [1.807, 2.05) is 54.8 Å². The van der Waals surface area contributed by atoms with Crippen molar-refractivity contribution in [2.24, 2.45) is 5.10 Å². The first kappa shape index (κ1) is 20.5. The number of pyridine rings is 1. The Kier molecular flexibility index (Phi) is 6.96. The van der Waals surface area contributed by atoms with Gasteiger partial charge in [-0.3, -0.25) is 9.78 Å². The van der Waals surface area contributed by atoms with E-state index in [0.29, 0.717) is 17.4 Å². The fourth-order valence-electron chi connectivity index (χ4n) is 2.58. The predicted octanol–water partition coefficient (Wildman–Crippen LogP) is 3.00. The van der Waals surface area contributed by atoms with Crippen molar-refractivity contribution in [3.8, 4) is 17.1 Å². The van der Waals surface area contributed by atoms with Crippen molar-refractivity contribution in [1.82, 2.24) is 25.2 Å². The van der Waals surface area contributed by atoms with E-state index in [-0.39, 0.29) is 11.7 Å². The highest BCUT2D eigenvalue weighted by molar-refractivity contribution is 7.99. The van der Waals surface area contributed by atoms with E-state index in [0.717, 1.165) is 22.7 Å². The predicted molar refractivity (Wildman–Crippen MR) is 113 cm³/mol. The van der Waals surface area contributed by atoms with Crippen LogP contribution in [0.3, 0.4) is 0 Å². The van der Waals surface area contributed by atoms with Crippen molar-refractivity contribution in [3.05, 3.63) is 54.4 Å². The van der Waals surface area contributed by atoms with Crippen LogP contribution in [0.25, 0.3) is 11.4 Å². The first-order valence-electron chi connectivity index (χ1n) is 9.06. The molecule has 0 radical (unpaired) electrons. The van der Waals surface area contributed by atoms with E-state index in [9.17, 15) is 4.79 Å². The molecule has 29 heavy (non-hydrogen) atoms. The van der Waals surface area contributed by atoms with Crippen molar-refractivity contribution < 1.29 is 9.53 Å². The second kappa shape index (κ2) is 9.83. The Morgan fingerprint density at radius 2 is 2.03 bits per heavy atom. The maximum Gasteiger partial charge on any atom is 0.250 e. The summed E-state index contributed by atoms with van der Waals surface area (Å²) in [7, 11) is 1.63. The number of hydrogen-bond donors (Lipinski definition) is 1. The fourth-order valence-corrected chi connectivity index (χ4v) is 3.38. The number of hydrazone groups is 1. The Morgan fingerprint density at radius 3 is 2.69 bits per heavy atom. The van der Waals surface area contributed by atoms with Crippen LogP contribution < -0.4 is 10.2 Å². The summed E-state index contributed by atoms with van der Waals surface area (Å²) in [5, 5.41) is 13.3. The van der Waals surface area contributed by atoms with Crippen molar-refractivity contribution in [2.75, 3.05) is 12.9 Å². The van der Waals surface area contributed by atoms with Gasteiger partial charge in [-0.05, 0) is 44.2 Å². The smallest absolute Gasteiger partial charge is 0.250 e. The molecule has 0 atom stereocenters. The molecule has 0 spiro atoms. The Hall–Kier alpha value is -3.20. The van der Waals surface area contributed by atoms with E-state index < -0.39 is 0 Å². The Balaban J connectivity index is 1.63. The number of ether oxygens (including phenoxy) is 1. The van der Waals surface area contributed by atoms with Crippen LogP contribution in [0.15, 0.2) is 59.0 Å². The molecule has 0 saturated carbocycles. The average Bonchev–Trinajstić information content (AvgIpc) is 3.19. The molecule has 0 aliphatic rings. The SMILES string of the molecule is CCn1c(SCC(=O)N/N=C(\C)c2cccnc2)nnc1-c1ccc(OC)cc1. The normalized spacial score (nSPS) is 11.3. The summed E-state index contributed by atoms with van der Waals surface area (Å²) < 4.78 is 7.17. The van der Waals surface area contributed by atoms with Crippen LogP contribution in [-0.4, -0.2) is 44.2 Å². The summed E-state index contributed by atoms with van der Waals surface area (Å²) in [5.74, 6) is 1.51. The summed E-state index contributed by atoms with van der Waals surface area (Å²) in [6, 6.07) is 11.3. The van der Waals surface area contributed by atoms with Gasteiger partial charge >= 0.3 is 0 Å². The topological polar surface area (TPSA) is 94.3 Å². The number of hydrogen-bond acceptors (Lipinski definition) is 7. The third-order valence-corrected chi connectivity index (χ3v) is 5.11. The van der Waals surface area contributed by atoms with Gasteiger partial charge in [-0.1, -0.05) is 17.8 Å². The molecule has 9 heteroatoms. The molecule has 0 saturated heterocycles. The zero-order chi connectivity index (χ0) is 20.6. The van der Waals surface area contributed by atoms with Gasteiger partial charge in [-0.25, -0.2) is 5.43 Å². The number of thioether (sulfide) groups is 1. The number of carbonyl (C=O) groups excluding carboxylic acids is 1. The minimum absolute atomic E-state index is 0.185. The summed E-state index contributed by atoms with van der Waals surface area (Å²) in [5.41, 5.74) is 5.05. The maximum atomic E-state index is 12.2. The molecule has 0 unspecified atom stereocenters. The van der Waals surface area contributed by atoms with Crippen LogP contribution in [-0.2, 0) is 11.3 Å². The van der Waals surface area contributed by atoms with Gasteiger partial charge in [0.15, 0.2) is 11.0 Å². The van der Waals surface area contributed by atoms with Gasteiger partial charge in [0.05, 0.1) is 18.6 Å². The fraction of sp³-hybridized carbons (Fsp3) is 0.250. The van der Waals surface area contributed by atoms with Crippen molar-refractivity contribution >= 4 is 23.4 Å². The molecule has 3 rings (SSSR count). The number of carbonyl (C=O) groups is 1. The van der Waals surface area contributed by atoms with Crippen LogP contribution in [0.5, 0.6) is 5.75 Å². The molecule has 8 nitrogen and oxygen atoms in total. The first-order chi connectivity index (χ1) is 14.1. The van der Waals surface area contributed by atoms with E-state index in [2.05, 4.69) is 25.7 Å². The van der Waals surface area contributed by atoms with E-state index in [4.69, 9.17) is 4.74 Å². The van der Waals surface area contributed by atoms with E-state index >= 15 is 0 Å². The third kappa shape index (κ3) is 5.20. The summed E-state index contributed by atoms with van der Waals surface area (Å²) >= 11 is 1.32. The number of amides is 1. The lowest BCUT2D eigenvalue weighted by Crippen LogP contribution is -2.21. The minimum atomic E-state index is -0.213. The second-order valence-corrected chi connectivity index (χ2v) is 6.98. The van der Waals surface area contributed by atoms with Crippen LogP contribution in [0.1, 0.15) is 19.4 Å². The summed E-state index contributed by atoms with van der Waals surface area (Å²) in [6.07, 6.45) is 3.39. The number of rotatable bonds is 8. The number of benzene rings is 1. The van der Waals surface area contributed by atoms with Gasteiger partial charge in [0.1, 0.15) is 5.75 Å². The summed E-state index contributed by atoms with van der Waals surface area (Å²) in [6.45, 7) is 4.53. The molecular formula is C20H22N6O2S. The highest BCUT2D eigenvalue weighted by Gasteiger charge is 2.14. The van der Waals surface area contributed by atoms with Gasteiger partial charge in [-0.15, -0.1) is 10.2 Å². The van der Waals surface area contributed by atoms with Crippen LogP contribution in [0.4, 0.5) is 0 Å². The average molecular weight is 411 g/mol. The molecule has 0 aliphatic heterocycles. The van der Waals surface area contributed by atoms with Gasteiger partial charge in [0.2, 0.25) is 0 Å². The lowest BCUT2D eigenvalue weighted by molar-refractivity contribution is -0.118. The molecule has 2 heterocycles. The highest BCUT2D eigenvalue weighted by atomic mass is 32.2. The quantitative estimate of drug-likeness (QED) is 0.349. The molecule has 3 aromatic rings. The molecule has 150 valence electrons. The molecule has 0 fully saturated rings. The highest BCUT2D eigenvalue weighted by Crippen LogP contribution is 2.25. The van der Waals surface area contributed by atoms with Crippen molar-refractivity contribution in [2.45, 2.75) is 25.5 Å².